The van der Waals surface area contributed by atoms with Gasteiger partial charge in [0.25, 0.3) is 12.1 Å². The fourth-order valence-corrected chi connectivity index (χ4v) is 1.12. The van der Waals surface area contributed by atoms with Crippen LogP contribution in [0, 0.1) is 10.1 Å². The van der Waals surface area contributed by atoms with Gasteiger partial charge in [0.05, 0.1) is 16.2 Å². The first-order valence-corrected chi connectivity index (χ1v) is 3.88. The Bertz CT molecular complexity index is 397. The topological polar surface area (TPSA) is 108 Å². The number of halogens is 2. The molecule has 8 heteroatoms. The summed E-state index contributed by atoms with van der Waals surface area (Å²) in [5.41, 5.74) is 8.85. The maximum absolute atomic E-state index is 12.3. The molecule has 1 aromatic heterocycles. The van der Waals surface area contributed by atoms with Crippen LogP contribution in [0.15, 0.2) is 6.20 Å². The van der Waals surface area contributed by atoms with Crippen molar-refractivity contribution < 1.29 is 13.7 Å². The van der Waals surface area contributed by atoms with Crippen molar-refractivity contribution >= 4 is 11.4 Å². The van der Waals surface area contributed by atoms with Gasteiger partial charge in [-0.25, -0.2) is 13.8 Å². The molecular formula is C7H8F2N4O2. The molecule has 0 fully saturated rings. The number of nitro groups is 1. The van der Waals surface area contributed by atoms with Crippen molar-refractivity contribution in [2.75, 3.05) is 5.73 Å². The summed E-state index contributed by atoms with van der Waals surface area (Å²) in [6, 6.07) is 0. The molecule has 0 bridgehead atoms. The Kier molecular flexibility index (Phi) is 3.10. The highest BCUT2D eigenvalue weighted by molar-refractivity contribution is 5.59. The van der Waals surface area contributed by atoms with E-state index in [2.05, 4.69) is 4.98 Å². The molecule has 0 aromatic carbocycles. The summed E-state index contributed by atoms with van der Waals surface area (Å²) >= 11 is 0. The SMILES string of the molecule is NCc1c([N+](=O)[O-])cnc(C(F)F)c1N. The van der Waals surface area contributed by atoms with Crippen molar-refractivity contribution in [2.24, 2.45) is 5.73 Å². The zero-order valence-electron chi connectivity index (χ0n) is 7.48. The van der Waals surface area contributed by atoms with Gasteiger partial charge in [-0.2, -0.15) is 0 Å². The molecule has 0 aliphatic heterocycles. The molecule has 15 heavy (non-hydrogen) atoms. The van der Waals surface area contributed by atoms with Crippen molar-refractivity contribution in [3.63, 3.8) is 0 Å². The number of aromatic nitrogens is 1. The third-order valence-corrected chi connectivity index (χ3v) is 1.84. The summed E-state index contributed by atoms with van der Waals surface area (Å²) in [5, 5.41) is 10.5. The van der Waals surface area contributed by atoms with E-state index in [4.69, 9.17) is 11.5 Å². The smallest absolute Gasteiger partial charge is 0.294 e. The number of hydrogen-bond acceptors (Lipinski definition) is 5. The second kappa shape index (κ2) is 4.13. The average Bonchev–Trinajstić information content (AvgIpc) is 2.16. The molecule has 1 aromatic rings. The monoisotopic (exact) mass is 218 g/mol. The first-order valence-electron chi connectivity index (χ1n) is 3.88. The van der Waals surface area contributed by atoms with Gasteiger partial charge in [-0.15, -0.1) is 0 Å². The van der Waals surface area contributed by atoms with E-state index < -0.39 is 28.4 Å². The quantitative estimate of drug-likeness (QED) is 0.580. The van der Waals surface area contributed by atoms with Crippen LogP contribution in [0.5, 0.6) is 0 Å². The van der Waals surface area contributed by atoms with E-state index in [0.717, 1.165) is 6.20 Å². The van der Waals surface area contributed by atoms with E-state index in [1.165, 1.54) is 0 Å². The van der Waals surface area contributed by atoms with E-state index in [0.29, 0.717) is 0 Å². The third-order valence-electron chi connectivity index (χ3n) is 1.84. The van der Waals surface area contributed by atoms with Gasteiger partial charge in [0.2, 0.25) is 0 Å². The first kappa shape index (κ1) is 11.2. The second-order valence-electron chi connectivity index (χ2n) is 2.68. The molecule has 0 unspecified atom stereocenters. The number of hydrogen-bond donors (Lipinski definition) is 2. The average molecular weight is 218 g/mol. The molecule has 1 heterocycles. The van der Waals surface area contributed by atoms with Gasteiger partial charge < -0.3 is 11.5 Å². The number of nitrogens with two attached hydrogens (primary N) is 2. The molecular weight excluding hydrogens is 210 g/mol. The van der Waals surface area contributed by atoms with E-state index in [1.807, 2.05) is 0 Å². The number of anilines is 1. The van der Waals surface area contributed by atoms with Crippen molar-refractivity contribution in [3.8, 4) is 0 Å². The van der Waals surface area contributed by atoms with Gasteiger partial charge in [0, 0.05) is 6.54 Å². The van der Waals surface area contributed by atoms with E-state index in [9.17, 15) is 18.9 Å². The van der Waals surface area contributed by atoms with Crippen LogP contribution in [0.25, 0.3) is 0 Å². The fourth-order valence-electron chi connectivity index (χ4n) is 1.12. The Balaban J connectivity index is 3.39. The van der Waals surface area contributed by atoms with Crippen LogP contribution in [0.2, 0.25) is 0 Å². The predicted octanol–water partition coefficient (Wildman–Crippen LogP) is 0.968. The zero-order valence-corrected chi connectivity index (χ0v) is 7.48. The van der Waals surface area contributed by atoms with Crippen LogP contribution in [-0.4, -0.2) is 9.91 Å². The van der Waals surface area contributed by atoms with Crippen LogP contribution >= 0.6 is 0 Å². The molecule has 6 nitrogen and oxygen atoms in total. The lowest BCUT2D eigenvalue weighted by molar-refractivity contribution is -0.385. The summed E-state index contributed by atoms with van der Waals surface area (Å²) in [7, 11) is 0. The van der Waals surface area contributed by atoms with Crippen LogP contribution in [0.4, 0.5) is 20.2 Å². The van der Waals surface area contributed by atoms with Crippen LogP contribution in [0.3, 0.4) is 0 Å². The molecule has 0 spiro atoms. The Hall–Kier alpha value is -1.83. The molecule has 0 aliphatic rings. The number of pyridine rings is 1. The van der Waals surface area contributed by atoms with Crippen molar-refractivity contribution in [1.29, 1.82) is 0 Å². The second-order valence-corrected chi connectivity index (χ2v) is 2.68. The third kappa shape index (κ3) is 1.99. The lowest BCUT2D eigenvalue weighted by atomic mass is 10.1. The fraction of sp³-hybridized carbons (Fsp3) is 0.286. The summed E-state index contributed by atoms with van der Waals surface area (Å²) in [4.78, 5) is 13.0. The van der Waals surface area contributed by atoms with Crippen molar-refractivity contribution in [1.82, 2.24) is 4.98 Å². The Morgan fingerprint density at radius 1 is 1.60 bits per heavy atom. The van der Waals surface area contributed by atoms with Crippen LogP contribution in [-0.2, 0) is 6.54 Å². The van der Waals surface area contributed by atoms with E-state index in [-0.39, 0.29) is 12.1 Å². The standard InChI is InChI=1S/C7H8F2N4O2/c8-7(9)6-5(11)3(1-10)4(2-12-6)13(14)15/h2,7H,1,10-11H2. The summed E-state index contributed by atoms with van der Waals surface area (Å²) in [5.74, 6) is 0. The van der Waals surface area contributed by atoms with Gasteiger partial charge in [-0.1, -0.05) is 0 Å². The van der Waals surface area contributed by atoms with Crippen LogP contribution < -0.4 is 11.5 Å². The minimum absolute atomic E-state index is 0.120. The maximum atomic E-state index is 12.3. The summed E-state index contributed by atoms with van der Waals surface area (Å²) < 4.78 is 24.6. The molecule has 0 amide bonds. The Morgan fingerprint density at radius 2 is 2.20 bits per heavy atom. The first-order chi connectivity index (χ1) is 6.99. The van der Waals surface area contributed by atoms with Gasteiger partial charge >= 0.3 is 0 Å². The molecule has 1 rings (SSSR count). The lowest BCUT2D eigenvalue weighted by Crippen LogP contribution is -2.10. The lowest BCUT2D eigenvalue weighted by Gasteiger charge is -2.08. The van der Waals surface area contributed by atoms with E-state index >= 15 is 0 Å². The molecule has 0 saturated heterocycles. The number of nitrogens with zero attached hydrogens (tertiary/aromatic N) is 2. The normalized spacial score (nSPS) is 10.7. The Labute approximate surface area is 83.0 Å². The van der Waals surface area contributed by atoms with Gasteiger partial charge in [0.1, 0.15) is 11.9 Å². The minimum Gasteiger partial charge on any atom is -0.397 e. The van der Waals surface area contributed by atoms with Crippen LogP contribution in [0.1, 0.15) is 17.7 Å². The zero-order chi connectivity index (χ0) is 11.6. The highest BCUT2D eigenvalue weighted by atomic mass is 19.3. The van der Waals surface area contributed by atoms with Gasteiger partial charge in [-0.05, 0) is 0 Å². The maximum Gasteiger partial charge on any atom is 0.294 e. The summed E-state index contributed by atoms with van der Waals surface area (Å²) in [6.07, 6.45) is -2.14. The highest BCUT2D eigenvalue weighted by Crippen LogP contribution is 2.30. The van der Waals surface area contributed by atoms with Crippen molar-refractivity contribution in [2.45, 2.75) is 13.0 Å². The molecule has 0 saturated carbocycles. The summed E-state index contributed by atoms with van der Waals surface area (Å²) in [6.45, 7) is -0.287. The molecule has 82 valence electrons. The van der Waals surface area contributed by atoms with Crippen molar-refractivity contribution in [3.05, 3.63) is 27.6 Å². The largest absolute Gasteiger partial charge is 0.397 e. The van der Waals surface area contributed by atoms with Gasteiger partial charge in [0.15, 0.2) is 0 Å². The minimum atomic E-state index is -2.88. The number of alkyl halides is 2. The molecule has 4 N–H and O–H groups in total. The van der Waals surface area contributed by atoms with E-state index in [1.54, 1.807) is 0 Å². The Morgan fingerprint density at radius 3 is 2.60 bits per heavy atom. The molecule has 0 atom stereocenters. The predicted molar refractivity (Wildman–Crippen MR) is 48.2 cm³/mol. The molecule has 0 radical (unpaired) electrons. The highest BCUT2D eigenvalue weighted by Gasteiger charge is 2.23. The van der Waals surface area contributed by atoms with Gasteiger partial charge in [-0.3, -0.25) is 10.1 Å². The number of rotatable bonds is 3. The molecule has 0 aliphatic carbocycles. The number of nitrogen functional groups attached to an aromatic ring is 1.